The van der Waals surface area contributed by atoms with Gasteiger partial charge in [0, 0.05) is 17.8 Å². The first-order valence-corrected chi connectivity index (χ1v) is 8.22. The molecule has 0 atom stereocenters. The van der Waals surface area contributed by atoms with Gasteiger partial charge in [-0.3, -0.25) is 4.79 Å². The van der Waals surface area contributed by atoms with Gasteiger partial charge in [0.05, 0.1) is 6.21 Å². The molecule has 0 N–H and O–H groups in total. The Morgan fingerprint density at radius 3 is 2.81 bits per heavy atom. The molecular formula is C19H18F2N2O3. The Hall–Kier alpha value is -2.96. The summed E-state index contributed by atoms with van der Waals surface area (Å²) in [5, 5.41) is 3.70. The minimum absolute atomic E-state index is 0.00821. The molecule has 2 aromatic rings. The number of ether oxygens (including phenoxy) is 1. The van der Waals surface area contributed by atoms with Crippen LogP contribution < -0.4 is 9.64 Å². The van der Waals surface area contributed by atoms with Crippen molar-refractivity contribution in [2.24, 2.45) is 5.16 Å². The zero-order valence-corrected chi connectivity index (χ0v) is 14.0. The van der Waals surface area contributed by atoms with E-state index in [1.54, 1.807) is 23.1 Å². The van der Waals surface area contributed by atoms with Crippen molar-refractivity contribution in [2.75, 3.05) is 18.1 Å². The molecule has 0 spiro atoms. The van der Waals surface area contributed by atoms with Gasteiger partial charge in [-0.05, 0) is 36.6 Å². The second-order valence-electron chi connectivity index (χ2n) is 5.70. The van der Waals surface area contributed by atoms with Crippen molar-refractivity contribution >= 4 is 17.8 Å². The average Bonchev–Trinajstić information content (AvgIpc) is 2.65. The number of rotatable bonds is 6. The van der Waals surface area contributed by atoms with Crippen molar-refractivity contribution in [3.63, 3.8) is 0 Å². The van der Waals surface area contributed by atoms with Crippen LogP contribution in [0.15, 0.2) is 53.7 Å². The first-order chi connectivity index (χ1) is 12.6. The third kappa shape index (κ3) is 4.36. The van der Waals surface area contributed by atoms with Crippen LogP contribution in [0.25, 0.3) is 0 Å². The lowest BCUT2D eigenvalue weighted by atomic mass is 10.0. The molecule has 0 saturated heterocycles. The lowest BCUT2D eigenvalue weighted by Crippen LogP contribution is -2.37. The highest BCUT2D eigenvalue weighted by Crippen LogP contribution is 2.26. The normalized spacial score (nSPS) is 13.7. The van der Waals surface area contributed by atoms with Crippen LogP contribution >= 0.6 is 0 Å². The van der Waals surface area contributed by atoms with Crippen molar-refractivity contribution in [2.45, 2.75) is 19.5 Å². The van der Waals surface area contributed by atoms with Gasteiger partial charge in [0.15, 0.2) is 6.61 Å². The van der Waals surface area contributed by atoms with Crippen LogP contribution in [0.3, 0.4) is 0 Å². The van der Waals surface area contributed by atoms with Crippen LogP contribution in [0.1, 0.15) is 17.5 Å². The third-order valence-electron chi connectivity index (χ3n) is 4.00. The summed E-state index contributed by atoms with van der Waals surface area (Å²) in [4.78, 5) is 19.1. The fourth-order valence-corrected chi connectivity index (χ4v) is 2.85. The van der Waals surface area contributed by atoms with Gasteiger partial charge in [-0.25, -0.2) is 0 Å². The predicted molar refractivity (Wildman–Crippen MR) is 93.7 cm³/mol. The van der Waals surface area contributed by atoms with E-state index in [1.807, 2.05) is 24.3 Å². The van der Waals surface area contributed by atoms with Crippen molar-refractivity contribution in [3.05, 3.63) is 59.7 Å². The Balaban J connectivity index is 1.59. The summed E-state index contributed by atoms with van der Waals surface area (Å²) in [5.74, 6) is -0.211. The molecule has 1 aliphatic heterocycles. The number of carbonyl (C=O) groups excluding carboxylic acids is 1. The number of para-hydroxylation sites is 2. The number of hydrogen-bond acceptors (Lipinski definition) is 4. The molecule has 0 bridgehead atoms. The van der Waals surface area contributed by atoms with Gasteiger partial charge >= 0.3 is 6.61 Å². The predicted octanol–water partition coefficient (Wildman–Crippen LogP) is 3.62. The van der Waals surface area contributed by atoms with E-state index >= 15 is 0 Å². The van der Waals surface area contributed by atoms with E-state index in [0.717, 1.165) is 24.1 Å². The number of hydrogen-bond donors (Lipinski definition) is 0. The van der Waals surface area contributed by atoms with Crippen LogP contribution in [0.2, 0.25) is 0 Å². The molecule has 0 radical (unpaired) electrons. The Morgan fingerprint density at radius 2 is 1.96 bits per heavy atom. The molecule has 136 valence electrons. The van der Waals surface area contributed by atoms with Gasteiger partial charge in [0.1, 0.15) is 5.75 Å². The van der Waals surface area contributed by atoms with Crippen molar-refractivity contribution in [1.29, 1.82) is 0 Å². The summed E-state index contributed by atoms with van der Waals surface area (Å²) < 4.78 is 29.1. The molecule has 0 aromatic heterocycles. The van der Waals surface area contributed by atoms with E-state index in [0.29, 0.717) is 12.1 Å². The largest absolute Gasteiger partial charge is 0.434 e. The van der Waals surface area contributed by atoms with Crippen LogP contribution in [0.4, 0.5) is 14.5 Å². The summed E-state index contributed by atoms with van der Waals surface area (Å²) in [6, 6.07) is 14.0. The van der Waals surface area contributed by atoms with E-state index in [1.165, 1.54) is 12.3 Å². The molecule has 1 aliphatic rings. The highest BCUT2D eigenvalue weighted by atomic mass is 19.3. The molecule has 2 aromatic carbocycles. The van der Waals surface area contributed by atoms with E-state index in [4.69, 9.17) is 4.84 Å². The number of fused-ring (bicyclic) bond motifs is 1. The second kappa shape index (κ2) is 8.42. The van der Waals surface area contributed by atoms with Crippen LogP contribution in [-0.4, -0.2) is 31.9 Å². The SMILES string of the molecule is O=C(CON=Cc1ccccc1OC(F)F)N1CCCc2ccccc21. The Kier molecular flexibility index (Phi) is 5.78. The van der Waals surface area contributed by atoms with Gasteiger partial charge in [0.25, 0.3) is 5.91 Å². The first-order valence-electron chi connectivity index (χ1n) is 8.22. The number of anilines is 1. The first kappa shape index (κ1) is 17.8. The van der Waals surface area contributed by atoms with Gasteiger partial charge in [-0.2, -0.15) is 8.78 Å². The van der Waals surface area contributed by atoms with Crippen LogP contribution in [0.5, 0.6) is 5.75 Å². The van der Waals surface area contributed by atoms with E-state index in [9.17, 15) is 13.6 Å². The summed E-state index contributed by atoms with van der Waals surface area (Å²) in [5.41, 5.74) is 2.37. The van der Waals surface area contributed by atoms with Gasteiger partial charge in [-0.1, -0.05) is 35.5 Å². The fourth-order valence-electron chi connectivity index (χ4n) is 2.85. The minimum Gasteiger partial charge on any atom is -0.434 e. The van der Waals surface area contributed by atoms with E-state index in [2.05, 4.69) is 9.89 Å². The van der Waals surface area contributed by atoms with Crippen LogP contribution in [0, 0.1) is 0 Å². The molecule has 0 fully saturated rings. The number of oxime groups is 1. The van der Waals surface area contributed by atoms with Gasteiger partial charge in [-0.15, -0.1) is 0 Å². The van der Waals surface area contributed by atoms with E-state index in [-0.39, 0.29) is 18.3 Å². The maximum atomic E-state index is 12.4. The molecule has 3 rings (SSSR count). The van der Waals surface area contributed by atoms with Crippen molar-refractivity contribution in [1.82, 2.24) is 0 Å². The smallest absolute Gasteiger partial charge is 0.387 e. The molecule has 5 nitrogen and oxygen atoms in total. The summed E-state index contributed by atoms with van der Waals surface area (Å²) in [6.07, 6.45) is 3.08. The zero-order valence-electron chi connectivity index (χ0n) is 14.0. The lowest BCUT2D eigenvalue weighted by molar-refractivity contribution is -0.123. The fraction of sp³-hybridized carbons (Fsp3) is 0.263. The maximum absolute atomic E-state index is 12.4. The van der Waals surface area contributed by atoms with Crippen molar-refractivity contribution in [3.8, 4) is 5.75 Å². The van der Waals surface area contributed by atoms with Gasteiger partial charge in [0.2, 0.25) is 0 Å². The minimum atomic E-state index is -2.92. The highest BCUT2D eigenvalue weighted by molar-refractivity contribution is 5.95. The molecule has 26 heavy (non-hydrogen) atoms. The third-order valence-corrected chi connectivity index (χ3v) is 4.00. The van der Waals surface area contributed by atoms with Crippen molar-refractivity contribution < 1.29 is 23.1 Å². The maximum Gasteiger partial charge on any atom is 0.387 e. The summed E-state index contributed by atoms with van der Waals surface area (Å²) >= 11 is 0. The summed E-state index contributed by atoms with van der Waals surface area (Å²) in [7, 11) is 0. The molecule has 7 heteroatoms. The Labute approximate surface area is 149 Å². The quantitative estimate of drug-likeness (QED) is 0.584. The molecule has 0 aliphatic carbocycles. The number of carbonyl (C=O) groups is 1. The lowest BCUT2D eigenvalue weighted by Gasteiger charge is -2.28. The molecule has 1 heterocycles. The molecule has 1 amide bonds. The second-order valence-corrected chi connectivity index (χ2v) is 5.70. The van der Waals surface area contributed by atoms with E-state index < -0.39 is 6.61 Å². The number of benzene rings is 2. The van der Waals surface area contributed by atoms with Crippen LogP contribution in [-0.2, 0) is 16.1 Å². The number of halogens is 2. The molecule has 0 saturated carbocycles. The topological polar surface area (TPSA) is 51.1 Å². The highest BCUT2D eigenvalue weighted by Gasteiger charge is 2.22. The monoisotopic (exact) mass is 360 g/mol. The number of aryl methyl sites for hydroxylation is 1. The Bertz CT molecular complexity index is 796. The number of amides is 1. The number of nitrogens with zero attached hydrogens (tertiary/aromatic N) is 2. The Morgan fingerprint density at radius 1 is 1.19 bits per heavy atom. The number of alkyl halides is 2. The summed E-state index contributed by atoms with van der Waals surface area (Å²) in [6.45, 7) is -2.53. The van der Waals surface area contributed by atoms with Gasteiger partial charge < -0.3 is 14.5 Å². The molecular weight excluding hydrogens is 342 g/mol. The molecule has 0 unspecified atom stereocenters. The zero-order chi connectivity index (χ0) is 18.4. The average molecular weight is 360 g/mol. The standard InChI is InChI=1S/C19H18F2N2O3/c20-19(21)26-17-10-4-2-7-15(17)12-22-25-13-18(24)23-11-5-8-14-6-1-3-9-16(14)23/h1-4,6-7,9-10,12,19H,5,8,11,13H2.